The Labute approximate surface area is 214 Å². The van der Waals surface area contributed by atoms with Crippen LogP contribution in [0.5, 0.6) is 11.5 Å². The zero-order valence-corrected chi connectivity index (χ0v) is 20.4. The number of rotatable bonds is 6. The van der Waals surface area contributed by atoms with Crippen LogP contribution in [0.3, 0.4) is 0 Å². The Morgan fingerprint density at radius 3 is 2.76 bits per heavy atom. The zero-order valence-electron chi connectivity index (χ0n) is 20.4. The summed E-state index contributed by atoms with van der Waals surface area (Å²) in [6.45, 7) is 0.424. The van der Waals surface area contributed by atoms with Gasteiger partial charge in [0, 0.05) is 40.4 Å². The van der Waals surface area contributed by atoms with Gasteiger partial charge in [0.2, 0.25) is 0 Å². The molecule has 0 saturated heterocycles. The molecule has 1 aliphatic heterocycles. The number of hydrogen-bond donors (Lipinski definition) is 0. The molecule has 5 nitrogen and oxygen atoms in total. The predicted octanol–water partition coefficient (Wildman–Crippen LogP) is 6.66. The first-order valence-corrected chi connectivity index (χ1v) is 12.4. The number of nitrogens with zero attached hydrogens (tertiary/aromatic N) is 1. The van der Waals surface area contributed by atoms with Gasteiger partial charge in [0.05, 0.1) is 25.8 Å². The maximum Gasteiger partial charge on any atom is 0.306 e. The molecule has 0 saturated carbocycles. The van der Waals surface area contributed by atoms with Gasteiger partial charge in [-0.3, -0.25) is 9.78 Å². The summed E-state index contributed by atoms with van der Waals surface area (Å²) < 4.78 is 32.2. The summed E-state index contributed by atoms with van der Waals surface area (Å²) >= 11 is 0. The fourth-order valence-electron chi connectivity index (χ4n) is 5.44. The summed E-state index contributed by atoms with van der Waals surface area (Å²) in [5, 5.41) is 0. The normalized spacial score (nSPS) is 17.6. The van der Waals surface area contributed by atoms with Crippen LogP contribution in [0.1, 0.15) is 41.6 Å². The molecule has 0 spiro atoms. The van der Waals surface area contributed by atoms with E-state index in [1.165, 1.54) is 13.2 Å². The minimum atomic E-state index is -0.405. The Bertz CT molecular complexity index is 1470. The van der Waals surface area contributed by atoms with Crippen molar-refractivity contribution in [1.82, 2.24) is 4.98 Å². The summed E-state index contributed by atoms with van der Waals surface area (Å²) in [7, 11) is 1.39. The van der Waals surface area contributed by atoms with Crippen LogP contribution in [-0.2, 0) is 16.0 Å². The van der Waals surface area contributed by atoms with Crippen molar-refractivity contribution in [3.8, 4) is 33.9 Å². The van der Waals surface area contributed by atoms with Crippen molar-refractivity contribution in [3.05, 3.63) is 102 Å². The van der Waals surface area contributed by atoms with Crippen LogP contribution in [0, 0.1) is 5.82 Å². The first-order chi connectivity index (χ1) is 18.1. The fraction of sp³-hybridized carbons (Fsp3) is 0.226. The number of pyridine rings is 1. The van der Waals surface area contributed by atoms with Crippen molar-refractivity contribution in [2.45, 2.75) is 31.3 Å². The monoisotopic (exact) mass is 495 g/mol. The number of halogens is 1. The molecule has 1 aliphatic carbocycles. The summed E-state index contributed by atoms with van der Waals surface area (Å²) in [4.78, 5) is 16.4. The smallest absolute Gasteiger partial charge is 0.306 e. The Morgan fingerprint density at radius 1 is 1.05 bits per heavy atom. The van der Waals surface area contributed by atoms with Gasteiger partial charge >= 0.3 is 5.97 Å². The van der Waals surface area contributed by atoms with E-state index in [1.54, 1.807) is 6.20 Å². The highest BCUT2D eigenvalue weighted by molar-refractivity contribution is 5.83. The maximum atomic E-state index is 15.2. The summed E-state index contributed by atoms with van der Waals surface area (Å²) in [6.07, 6.45) is 3.03. The molecule has 2 atom stereocenters. The molecule has 2 aliphatic rings. The molecule has 0 fully saturated rings. The highest BCUT2D eigenvalue weighted by atomic mass is 19.1. The van der Waals surface area contributed by atoms with Crippen molar-refractivity contribution < 1.29 is 23.4 Å². The van der Waals surface area contributed by atoms with Crippen molar-refractivity contribution in [1.29, 1.82) is 0 Å². The van der Waals surface area contributed by atoms with Gasteiger partial charge in [0.15, 0.2) is 0 Å². The van der Waals surface area contributed by atoms with Gasteiger partial charge in [-0.15, -0.1) is 0 Å². The Morgan fingerprint density at radius 2 is 1.92 bits per heavy atom. The molecule has 4 aromatic rings. The van der Waals surface area contributed by atoms with Crippen LogP contribution in [-0.4, -0.2) is 24.7 Å². The summed E-state index contributed by atoms with van der Waals surface area (Å²) in [5.74, 6) is 0.747. The van der Waals surface area contributed by atoms with E-state index in [0.717, 1.165) is 33.5 Å². The number of aromatic nitrogens is 1. The topological polar surface area (TPSA) is 57.7 Å². The van der Waals surface area contributed by atoms with E-state index in [1.807, 2.05) is 66.7 Å². The molecule has 2 heterocycles. The average Bonchev–Trinajstić information content (AvgIpc) is 3.54. The second kappa shape index (κ2) is 9.69. The largest absolute Gasteiger partial charge is 0.492 e. The first-order valence-electron chi connectivity index (χ1n) is 12.4. The molecule has 6 heteroatoms. The van der Waals surface area contributed by atoms with Gasteiger partial charge in [-0.2, -0.15) is 0 Å². The van der Waals surface area contributed by atoms with Crippen LogP contribution in [0.15, 0.2) is 79.0 Å². The molecular formula is C31H26FNO4. The third-order valence-corrected chi connectivity index (χ3v) is 7.21. The first kappa shape index (κ1) is 23.2. The van der Waals surface area contributed by atoms with Gasteiger partial charge in [-0.1, -0.05) is 48.5 Å². The minimum Gasteiger partial charge on any atom is -0.492 e. The quantitative estimate of drug-likeness (QED) is 0.280. The van der Waals surface area contributed by atoms with Gasteiger partial charge in [0.1, 0.15) is 23.4 Å². The molecule has 3 aromatic carbocycles. The summed E-state index contributed by atoms with van der Waals surface area (Å²) in [6, 6.07) is 23.0. The highest BCUT2D eigenvalue weighted by Crippen LogP contribution is 2.45. The number of carbonyl (C=O) groups is 1. The Hall–Kier alpha value is -4.19. The number of methoxy groups -OCH3 is 1. The minimum absolute atomic E-state index is 0.0398. The van der Waals surface area contributed by atoms with Crippen LogP contribution in [0.25, 0.3) is 22.4 Å². The second-order valence-corrected chi connectivity index (χ2v) is 9.39. The number of benzene rings is 3. The highest BCUT2D eigenvalue weighted by Gasteiger charge is 2.32. The summed E-state index contributed by atoms with van der Waals surface area (Å²) in [5.41, 5.74) is 6.38. The van der Waals surface area contributed by atoms with E-state index in [2.05, 4.69) is 4.98 Å². The number of esters is 1. The van der Waals surface area contributed by atoms with E-state index >= 15 is 4.39 Å². The van der Waals surface area contributed by atoms with Crippen molar-refractivity contribution in [2.75, 3.05) is 13.7 Å². The lowest BCUT2D eigenvalue weighted by Gasteiger charge is -2.18. The van der Waals surface area contributed by atoms with Gasteiger partial charge in [0.25, 0.3) is 0 Å². The molecule has 0 bridgehead atoms. The molecule has 0 amide bonds. The van der Waals surface area contributed by atoms with E-state index < -0.39 is 6.10 Å². The van der Waals surface area contributed by atoms with Crippen molar-refractivity contribution >= 4 is 5.97 Å². The number of hydrogen-bond acceptors (Lipinski definition) is 5. The number of fused-ring (bicyclic) bond motifs is 2. The lowest BCUT2D eigenvalue weighted by Crippen LogP contribution is -2.09. The second-order valence-electron chi connectivity index (χ2n) is 9.39. The van der Waals surface area contributed by atoms with Crippen LogP contribution in [0.4, 0.5) is 4.39 Å². The standard InChI is InChI=1S/C31H26FNO4/c1-35-29(34)16-20-18-36-28-17-21(9-10-22(20)28)37-27-14-12-24-23(11-13-26(32)30(24)27)25-8-5-15-33-31(25)19-6-3-2-4-7-19/h2-11,13,15,17,20,27H,12,14,16,18H2,1H3/t20?,27-/m1/s1. The molecule has 186 valence electrons. The van der Waals surface area contributed by atoms with Crippen LogP contribution < -0.4 is 9.47 Å². The lowest BCUT2D eigenvalue weighted by atomic mass is 9.93. The molecule has 0 radical (unpaired) electrons. The van der Waals surface area contributed by atoms with Crippen LogP contribution >= 0.6 is 0 Å². The lowest BCUT2D eigenvalue weighted by molar-refractivity contribution is -0.141. The fourth-order valence-corrected chi connectivity index (χ4v) is 5.44. The van der Waals surface area contributed by atoms with E-state index in [9.17, 15) is 4.79 Å². The SMILES string of the molecule is COC(=O)CC1COc2cc(O[C@@H]3CCc4c(-c5cccnc5-c5ccccc5)ccc(F)c43)ccc21. The average molecular weight is 496 g/mol. The molecular weight excluding hydrogens is 469 g/mol. The molecule has 37 heavy (non-hydrogen) atoms. The van der Waals surface area contributed by atoms with Crippen molar-refractivity contribution in [3.63, 3.8) is 0 Å². The molecule has 1 aromatic heterocycles. The molecule has 6 rings (SSSR count). The third kappa shape index (κ3) is 4.33. The maximum absolute atomic E-state index is 15.2. The number of ether oxygens (including phenoxy) is 3. The van der Waals surface area contributed by atoms with Gasteiger partial charge < -0.3 is 14.2 Å². The predicted molar refractivity (Wildman–Crippen MR) is 138 cm³/mol. The number of carbonyl (C=O) groups excluding carboxylic acids is 1. The molecule has 1 unspecified atom stereocenters. The van der Waals surface area contributed by atoms with E-state index in [4.69, 9.17) is 14.2 Å². The van der Waals surface area contributed by atoms with Gasteiger partial charge in [-0.05, 0) is 42.2 Å². The molecule has 0 N–H and O–H groups in total. The Balaban J connectivity index is 1.30. The van der Waals surface area contributed by atoms with Crippen molar-refractivity contribution in [2.24, 2.45) is 0 Å². The Kier molecular flexibility index (Phi) is 6.08. The van der Waals surface area contributed by atoms with E-state index in [-0.39, 0.29) is 24.1 Å². The van der Waals surface area contributed by atoms with E-state index in [0.29, 0.717) is 36.5 Å². The van der Waals surface area contributed by atoms with Crippen LogP contribution in [0.2, 0.25) is 0 Å². The zero-order chi connectivity index (χ0) is 25.4. The third-order valence-electron chi connectivity index (χ3n) is 7.21. The van der Waals surface area contributed by atoms with Gasteiger partial charge in [-0.25, -0.2) is 4.39 Å².